The summed E-state index contributed by atoms with van der Waals surface area (Å²) in [5.74, 6) is -0.948. The lowest BCUT2D eigenvalue weighted by Crippen LogP contribution is -2.02. The molecule has 0 amide bonds. The van der Waals surface area contributed by atoms with Crippen LogP contribution >= 0.6 is 0 Å². The fourth-order valence-corrected chi connectivity index (χ4v) is 2.90. The van der Waals surface area contributed by atoms with Gasteiger partial charge in [-0.3, -0.25) is 4.68 Å². The summed E-state index contributed by atoms with van der Waals surface area (Å²) in [5, 5.41) is 13.6. The molecule has 0 fully saturated rings. The Morgan fingerprint density at radius 2 is 1.95 bits per heavy atom. The van der Waals surface area contributed by atoms with E-state index in [4.69, 9.17) is 0 Å². The Labute approximate surface area is 111 Å². The van der Waals surface area contributed by atoms with Crippen LogP contribution in [-0.2, 0) is 13.0 Å². The summed E-state index contributed by atoms with van der Waals surface area (Å²) in [6.45, 7) is 4.88. The molecule has 0 bridgehead atoms. The number of hydrogen-bond donors (Lipinski definition) is 1. The van der Waals surface area contributed by atoms with Gasteiger partial charge in [-0.15, -0.1) is 0 Å². The van der Waals surface area contributed by atoms with Crippen LogP contribution < -0.4 is 0 Å². The minimum absolute atomic E-state index is 0.180. The maximum atomic E-state index is 11.4. The number of aromatic carboxylic acids is 1. The van der Waals surface area contributed by atoms with E-state index in [9.17, 15) is 9.90 Å². The number of nitrogens with zero attached hydrogens (tertiary/aromatic N) is 2. The van der Waals surface area contributed by atoms with Gasteiger partial charge in [-0.05, 0) is 32.3 Å². The molecule has 0 saturated heterocycles. The highest BCUT2D eigenvalue weighted by atomic mass is 16.4. The third-order valence-electron chi connectivity index (χ3n) is 3.55. The maximum Gasteiger partial charge on any atom is 0.357 e. The average molecular weight is 256 g/mol. The van der Waals surface area contributed by atoms with Crippen molar-refractivity contribution in [2.45, 2.75) is 33.2 Å². The van der Waals surface area contributed by atoms with Crippen molar-refractivity contribution in [3.8, 4) is 11.1 Å². The summed E-state index contributed by atoms with van der Waals surface area (Å²) in [5.41, 5.74) is 5.30. The number of benzene rings is 1. The van der Waals surface area contributed by atoms with Crippen LogP contribution in [0.4, 0.5) is 0 Å². The molecular weight excluding hydrogens is 240 g/mol. The van der Waals surface area contributed by atoms with E-state index in [1.165, 1.54) is 0 Å². The zero-order valence-electron chi connectivity index (χ0n) is 11.1. The molecule has 0 atom stereocenters. The van der Waals surface area contributed by atoms with Gasteiger partial charge in [-0.1, -0.05) is 29.3 Å². The van der Waals surface area contributed by atoms with Gasteiger partial charge in [0.15, 0.2) is 5.69 Å². The first kappa shape index (κ1) is 12.0. The van der Waals surface area contributed by atoms with Crippen LogP contribution in [0, 0.1) is 13.8 Å². The Balaban J connectivity index is 2.26. The van der Waals surface area contributed by atoms with Gasteiger partial charge in [0.05, 0.1) is 0 Å². The zero-order chi connectivity index (χ0) is 13.6. The zero-order valence-corrected chi connectivity index (χ0v) is 11.1. The Kier molecular flexibility index (Phi) is 2.66. The molecule has 2 heterocycles. The van der Waals surface area contributed by atoms with Crippen molar-refractivity contribution in [1.29, 1.82) is 0 Å². The smallest absolute Gasteiger partial charge is 0.357 e. The van der Waals surface area contributed by atoms with Crippen molar-refractivity contribution in [2.75, 3.05) is 0 Å². The predicted molar refractivity (Wildman–Crippen MR) is 72.4 cm³/mol. The first-order valence-electron chi connectivity index (χ1n) is 6.48. The van der Waals surface area contributed by atoms with E-state index in [0.29, 0.717) is 0 Å². The van der Waals surface area contributed by atoms with Crippen molar-refractivity contribution in [2.24, 2.45) is 0 Å². The summed E-state index contributed by atoms with van der Waals surface area (Å²) in [7, 11) is 0. The predicted octanol–water partition coefficient (Wildman–Crippen LogP) is 2.81. The molecule has 1 aromatic carbocycles. The SMILES string of the molecule is Cc1cc(C)cc(-c2c(C(=O)O)nn3c2CCC3)c1. The molecule has 1 aromatic heterocycles. The molecule has 4 nitrogen and oxygen atoms in total. The lowest BCUT2D eigenvalue weighted by Gasteiger charge is -2.06. The van der Waals surface area contributed by atoms with E-state index in [1.807, 2.05) is 30.7 Å². The molecule has 0 saturated carbocycles. The van der Waals surface area contributed by atoms with E-state index < -0.39 is 5.97 Å². The second-order valence-electron chi connectivity index (χ2n) is 5.18. The molecule has 1 aliphatic rings. The summed E-state index contributed by atoms with van der Waals surface area (Å²) < 4.78 is 1.84. The monoisotopic (exact) mass is 256 g/mol. The largest absolute Gasteiger partial charge is 0.476 e. The standard InChI is InChI=1S/C15H16N2O2/c1-9-6-10(2)8-11(7-9)13-12-4-3-5-17(12)16-14(13)15(18)19/h6-8H,3-5H2,1-2H3,(H,18,19). The van der Waals surface area contributed by atoms with Crippen LogP contribution in [0.2, 0.25) is 0 Å². The van der Waals surface area contributed by atoms with Crippen LogP contribution in [0.1, 0.15) is 33.7 Å². The minimum Gasteiger partial charge on any atom is -0.476 e. The van der Waals surface area contributed by atoms with Gasteiger partial charge in [-0.2, -0.15) is 5.10 Å². The fourth-order valence-electron chi connectivity index (χ4n) is 2.90. The maximum absolute atomic E-state index is 11.4. The fraction of sp³-hybridized carbons (Fsp3) is 0.333. The van der Waals surface area contributed by atoms with Crippen LogP contribution in [0.3, 0.4) is 0 Å². The Morgan fingerprint density at radius 3 is 2.58 bits per heavy atom. The van der Waals surface area contributed by atoms with Gasteiger partial charge < -0.3 is 5.11 Å². The van der Waals surface area contributed by atoms with Crippen LogP contribution in [0.25, 0.3) is 11.1 Å². The number of aromatic nitrogens is 2. The highest BCUT2D eigenvalue weighted by Crippen LogP contribution is 2.33. The summed E-state index contributed by atoms with van der Waals surface area (Å²) >= 11 is 0. The van der Waals surface area contributed by atoms with E-state index >= 15 is 0 Å². The Bertz CT molecular complexity index is 651. The Morgan fingerprint density at radius 1 is 1.26 bits per heavy atom. The van der Waals surface area contributed by atoms with E-state index in [0.717, 1.165) is 47.3 Å². The topological polar surface area (TPSA) is 55.1 Å². The highest BCUT2D eigenvalue weighted by Gasteiger charge is 2.26. The van der Waals surface area contributed by atoms with Gasteiger partial charge in [0, 0.05) is 17.8 Å². The molecule has 0 radical (unpaired) electrons. The summed E-state index contributed by atoms with van der Waals surface area (Å²) in [4.78, 5) is 11.4. The number of hydrogen-bond acceptors (Lipinski definition) is 2. The minimum atomic E-state index is -0.948. The molecule has 1 N–H and O–H groups in total. The Hall–Kier alpha value is -2.10. The van der Waals surface area contributed by atoms with Crippen molar-refractivity contribution in [3.63, 3.8) is 0 Å². The quantitative estimate of drug-likeness (QED) is 0.898. The molecule has 4 heteroatoms. The van der Waals surface area contributed by atoms with E-state index in [1.54, 1.807) is 0 Å². The van der Waals surface area contributed by atoms with E-state index in [2.05, 4.69) is 11.2 Å². The average Bonchev–Trinajstić information content (AvgIpc) is 2.85. The molecule has 1 aliphatic heterocycles. The van der Waals surface area contributed by atoms with E-state index in [-0.39, 0.29) is 5.69 Å². The molecule has 19 heavy (non-hydrogen) atoms. The van der Waals surface area contributed by atoms with Crippen molar-refractivity contribution >= 4 is 5.97 Å². The normalized spacial score (nSPS) is 13.6. The van der Waals surface area contributed by atoms with Crippen molar-refractivity contribution in [3.05, 3.63) is 40.7 Å². The molecule has 0 unspecified atom stereocenters. The lowest BCUT2D eigenvalue weighted by molar-refractivity contribution is 0.0690. The number of carboxylic acids is 1. The summed E-state index contributed by atoms with van der Waals surface area (Å²) in [6, 6.07) is 6.17. The second kappa shape index (κ2) is 4.23. The summed E-state index contributed by atoms with van der Waals surface area (Å²) in [6.07, 6.45) is 1.95. The molecule has 2 aromatic rings. The third-order valence-corrected chi connectivity index (χ3v) is 3.55. The number of aryl methyl sites for hydroxylation is 3. The van der Waals surface area contributed by atoms with Crippen molar-refractivity contribution < 1.29 is 9.90 Å². The third kappa shape index (κ3) is 1.93. The van der Waals surface area contributed by atoms with Crippen LogP contribution in [-0.4, -0.2) is 20.9 Å². The second-order valence-corrected chi connectivity index (χ2v) is 5.18. The first-order valence-corrected chi connectivity index (χ1v) is 6.48. The molecule has 3 rings (SSSR count). The number of rotatable bonds is 2. The van der Waals surface area contributed by atoms with Crippen LogP contribution in [0.5, 0.6) is 0 Å². The number of carboxylic acid groups (broad SMARTS) is 1. The van der Waals surface area contributed by atoms with Gasteiger partial charge in [0.1, 0.15) is 0 Å². The molecule has 0 spiro atoms. The number of fused-ring (bicyclic) bond motifs is 1. The lowest BCUT2D eigenvalue weighted by atomic mass is 9.98. The molecule has 98 valence electrons. The highest BCUT2D eigenvalue weighted by molar-refractivity contribution is 5.95. The van der Waals surface area contributed by atoms with Gasteiger partial charge in [0.25, 0.3) is 0 Å². The molecule has 0 aliphatic carbocycles. The van der Waals surface area contributed by atoms with Gasteiger partial charge >= 0.3 is 5.97 Å². The van der Waals surface area contributed by atoms with Crippen LogP contribution in [0.15, 0.2) is 18.2 Å². The van der Waals surface area contributed by atoms with Gasteiger partial charge in [-0.25, -0.2) is 4.79 Å². The van der Waals surface area contributed by atoms with Gasteiger partial charge in [0.2, 0.25) is 0 Å². The number of carbonyl (C=O) groups is 1. The molecular formula is C15H16N2O2. The first-order chi connectivity index (χ1) is 9.06. The van der Waals surface area contributed by atoms with Crippen molar-refractivity contribution in [1.82, 2.24) is 9.78 Å².